The molecule has 28 heavy (non-hydrogen) atoms. The molecule has 2 aromatic rings. The number of carbonyl (C=O) groups excluding carboxylic acids is 2. The monoisotopic (exact) mass is 444 g/mol. The van der Waals surface area contributed by atoms with Crippen molar-refractivity contribution in [3.63, 3.8) is 0 Å². The lowest BCUT2D eigenvalue weighted by Crippen LogP contribution is -2.31. The van der Waals surface area contributed by atoms with Gasteiger partial charge in [0, 0.05) is 11.0 Å². The van der Waals surface area contributed by atoms with Gasteiger partial charge in [0.15, 0.2) is 11.5 Å². The summed E-state index contributed by atoms with van der Waals surface area (Å²) < 4.78 is 12.1. The first-order valence-electron chi connectivity index (χ1n) is 8.92. The van der Waals surface area contributed by atoms with Crippen molar-refractivity contribution < 1.29 is 19.1 Å². The van der Waals surface area contributed by atoms with Crippen LogP contribution >= 0.6 is 15.9 Å². The number of nitrogens with one attached hydrogen (secondary N) is 1. The first-order chi connectivity index (χ1) is 13.5. The van der Waals surface area contributed by atoms with E-state index in [-0.39, 0.29) is 11.6 Å². The molecule has 0 aromatic heterocycles. The van der Waals surface area contributed by atoms with Gasteiger partial charge in [-0.3, -0.25) is 9.69 Å². The highest BCUT2D eigenvalue weighted by Gasteiger charge is 2.32. The lowest BCUT2D eigenvalue weighted by Gasteiger charge is -2.13. The molecule has 1 saturated heterocycles. The van der Waals surface area contributed by atoms with Crippen LogP contribution in [0.2, 0.25) is 0 Å². The highest BCUT2D eigenvalue weighted by molar-refractivity contribution is 9.10. The topological polar surface area (TPSA) is 67.9 Å². The summed E-state index contributed by atoms with van der Waals surface area (Å²) in [5.74, 6) is 0.782. The number of benzene rings is 2. The van der Waals surface area contributed by atoms with Crippen LogP contribution in [-0.2, 0) is 11.4 Å². The fourth-order valence-corrected chi connectivity index (χ4v) is 3.26. The molecule has 1 N–H and O–H groups in total. The van der Waals surface area contributed by atoms with Gasteiger partial charge in [0.25, 0.3) is 5.91 Å². The Morgan fingerprint density at radius 1 is 1.14 bits per heavy atom. The van der Waals surface area contributed by atoms with E-state index in [1.807, 2.05) is 37.3 Å². The number of urea groups is 1. The third-order valence-electron chi connectivity index (χ3n) is 4.23. The Hall–Kier alpha value is -2.80. The second kappa shape index (κ2) is 8.93. The van der Waals surface area contributed by atoms with E-state index in [0.717, 1.165) is 10.0 Å². The molecule has 0 spiro atoms. The first-order valence-corrected chi connectivity index (χ1v) is 9.71. The lowest BCUT2D eigenvalue weighted by molar-refractivity contribution is -0.122. The molecule has 3 amide bonds. The van der Waals surface area contributed by atoms with Crippen molar-refractivity contribution in [2.24, 2.45) is 0 Å². The minimum Gasteiger partial charge on any atom is -0.493 e. The number of ether oxygens (including phenoxy) is 2. The third kappa shape index (κ3) is 4.36. The zero-order valence-electron chi connectivity index (χ0n) is 15.7. The molecular formula is C21H21BrN2O4. The van der Waals surface area contributed by atoms with E-state index in [2.05, 4.69) is 21.2 Å². The maximum Gasteiger partial charge on any atom is 0.329 e. The van der Waals surface area contributed by atoms with Crippen molar-refractivity contribution in [1.29, 1.82) is 0 Å². The minimum absolute atomic E-state index is 0.235. The van der Waals surface area contributed by atoms with Gasteiger partial charge in [-0.1, -0.05) is 53.2 Å². The summed E-state index contributed by atoms with van der Waals surface area (Å²) in [5.41, 5.74) is 1.98. The molecule has 1 fully saturated rings. The summed E-state index contributed by atoms with van der Waals surface area (Å²) in [4.78, 5) is 25.6. The molecule has 0 atom stereocenters. The van der Waals surface area contributed by atoms with Gasteiger partial charge in [-0.2, -0.15) is 0 Å². The molecule has 0 bridgehead atoms. The molecule has 2 aromatic carbocycles. The third-order valence-corrected chi connectivity index (χ3v) is 4.92. The van der Waals surface area contributed by atoms with Crippen molar-refractivity contribution in [1.82, 2.24) is 10.2 Å². The average molecular weight is 445 g/mol. The Morgan fingerprint density at radius 2 is 1.89 bits per heavy atom. The Bertz CT molecular complexity index is 912. The predicted octanol–water partition coefficient (Wildman–Crippen LogP) is 4.34. The Kier molecular flexibility index (Phi) is 6.36. The Balaban J connectivity index is 1.83. The van der Waals surface area contributed by atoms with Crippen molar-refractivity contribution >= 4 is 33.9 Å². The van der Waals surface area contributed by atoms with Crippen LogP contribution in [0.5, 0.6) is 11.5 Å². The number of rotatable bonds is 7. The number of hydrogen-bond acceptors (Lipinski definition) is 4. The second-order valence-electron chi connectivity index (χ2n) is 6.24. The van der Waals surface area contributed by atoms with E-state index in [4.69, 9.17) is 9.47 Å². The molecule has 1 aliphatic rings. The zero-order chi connectivity index (χ0) is 20.1. The number of carbonyl (C=O) groups is 2. The molecular weight excluding hydrogens is 424 g/mol. The standard InChI is InChI=1S/C21H21BrN2O4/c1-3-9-24-20(25)17(23-21(24)26)10-15-11-18(27-2)19(12-16(15)22)28-13-14-7-5-4-6-8-14/h4-8,10-12H,3,9,13H2,1-2H3,(H,23,26)/b17-10+. The smallest absolute Gasteiger partial charge is 0.329 e. The van der Waals surface area contributed by atoms with Gasteiger partial charge < -0.3 is 14.8 Å². The van der Waals surface area contributed by atoms with Crippen LogP contribution in [0.3, 0.4) is 0 Å². The van der Waals surface area contributed by atoms with Gasteiger partial charge in [-0.15, -0.1) is 0 Å². The summed E-state index contributed by atoms with van der Waals surface area (Å²) in [7, 11) is 1.56. The highest BCUT2D eigenvalue weighted by Crippen LogP contribution is 2.35. The molecule has 1 heterocycles. The van der Waals surface area contributed by atoms with E-state index >= 15 is 0 Å². The summed E-state index contributed by atoms with van der Waals surface area (Å²) in [5, 5.41) is 2.62. The van der Waals surface area contributed by atoms with Gasteiger partial charge in [-0.25, -0.2) is 4.79 Å². The molecule has 146 valence electrons. The number of nitrogens with zero attached hydrogens (tertiary/aromatic N) is 1. The number of hydrogen-bond donors (Lipinski definition) is 1. The summed E-state index contributed by atoms with van der Waals surface area (Å²) in [6.07, 6.45) is 2.33. The van der Waals surface area contributed by atoms with Crippen LogP contribution in [-0.4, -0.2) is 30.5 Å². The number of halogens is 1. The molecule has 3 rings (SSSR count). The largest absolute Gasteiger partial charge is 0.493 e. The molecule has 0 unspecified atom stereocenters. The van der Waals surface area contributed by atoms with Gasteiger partial charge in [0.05, 0.1) is 7.11 Å². The molecule has 0 saturated carbocycles. The highest BCUT2D eigenvalue weighted by atomic mass is 79.9. The van der Waals surface area contributed by atoms with E-state index in [1.54, 1.807) is 25.3 Å². The van der Waals surface area contributed by atoms with E-state index in [0.29, 0.717) is 36.6 Å². The van der Waals surface area contributed by atoms with Crippen LogP contribution in [0.25, 0.3) is 6.08 Å². The number of imide groups is 1. The van der Waals surface area contributed by atoms with Crippen molar-refractivity contribution in [3.8, 4) is 11.5 Å². The van der Waals surface area contributed by atoms with Crippen molar-refractivity contribution in [3.05, 3.63) is 63.8 Å². The quantitative estimate of drug-likeness (QED) is 0.509. The van der Waals surface area contributed by atoms with Crippen LogP contribution in [0.4, 0.5) is 4.79 Å². The minimum atomic E-state index is -0.399. The van der Waals surface area contributed by atoms with Gasteiger partial charge in [0.2, 0.25) is 0 Å². The molecule has 7 heteroatoms. The fraction of sp³-hybridized carbons (Fsp3) is 0.238. The summed E-state index contributed by atoms with van der Waals surface area (Å²) >= 11 is 3.51. The number of amides is 3. The molecule has 0 radical (unpaired) electrons. The maximum atomic E-state index is 12.4. The molecule has 1 aliphatic heterocycles. The average Bonchev–Trinajstić information content (AvgIpc) is 2.96. The van der Waals surface area contributed by atoms with Gasteiger partial charge >= 0.3 is 6.03 Å². The molecule has 6 nitrogen and oxygen atoms in total. The van der Waals surface area contributed by atoms with E-state index < -0.39 is 6.03 Å². The Labute approximate surface area is 172 Å². The van der Waals surface area contributed by atoms with Gasteiger partial charge in [-0.05, 0) is 35.8 Å². The number of methoxy groups -OCH3 is 1. The lowest BCUT2D eigenvalue weighted by atomic mass is 10.1. The second-order valence-corrected chi connectivity index (χ2v) is 7.10. The van der Waals surface area contributed by atoms with Gasteiger partial charge in [0.1, 0.15) is 12.3 Å². The fourth-order valence-electron chi connectivity index (χ4n) is 2.82. The van der Waals surface area contributed by atoms with Crippen molar-refractivity contribution in [2.45, 2.75) is 20.0 Å². The van der Waals surface area contributed by atoms with Crippen LogP contribution in [0, 0.1) is 0 Å². The van der Waals surface area contributed by atoms with Crippen LogP contribution < -0.4 is 14.8 Å². The molecule has 0 aliphatic carbocycles. The van der Waals surface area contributed by atoms with E-state index in [1.165, 1.54) is 4.90 Å². The SMILES string of the molecule is CCCN1C(=O)N/C(=C/c2cc(OC)c(OCc3ccccc3)cc2Br)C1=O. The maximum absolute atomic E-state index is 12.4. The van der Waals surface area contributed by atoms with Crippen molar-refractivity contribution in [2.75, 3.05) is 13.7 Å². The first kappa shape index (κ1) is 19.9. The zero-order valence-corrected chi connectivity index (χ0v) is 17.3. The predicted molar refractivity (Wildman–Crippen MR) is 110 cm³/mol. The summed E-state index contributed by atoms with van der Waals surface area (Å²) in [6.45, 7) is 2.71. The van der Waals surface area contributed by atoms with E-state index in [9.17, 15) is 9.59 Å². The normalized spacial score (nSPS) is 15.1. The summed E-state index contributed by atoms with van der Waals surface area (Å²) in [6, 6.07) is 13.0. The van der Waals surface area contributed by atoms with Crippen LogP contribution in [0.1, 0.15) is 24.5 Å². The Morgan fingerprint density at radius 3 is 2.57 bits per heavy atom. The van der Waals surface area contributed by atoms with Crippen LogP contribution in [0.15, 0.2) is 52.6 Å².